The van der Waals surface area contributed by atoms with Crippen molar-refractivity contribution in [1.82, 2.24) is 10.2 Å². The first-order valence-corrected chi connectivity index (χ1v) is 8.28. The summed E-state index contributed by atoms with van der Waals surface area (Å²) in [6.07, 6.45) is 1.16. The van der Waals surface area contributed by atoms with Gasteiger partial charge in [0, 0.05) is 18.7 Å². The molecular weight excluding hydrogens is 292 g/mol. The van der Waals surface area contributed by atoms with Crippen LogP contribution >= 0.6 is 0 Å². The minimum atomic E-state index is -0.237. The van der Waals surface area contributed by atoms with Crippen molar-refractivity contribution in [2.75, 3.05) is 26.2 Å². The third kappa shape index (κ3) is 4.98. The van der Waals surface area contributed by atoms with Crippen LogP contribution in [0, 0.1) is 11.8 Å². The predicted molar refractivity (Wildman–Crippen MR) is 89.5 cm³/mol. The Kier molecular flexibility index (Phi) is 6.02. The molecule has 0 radical (unpaired) electrons. The van der Waals surface area contributed by atoms with Gasteiger partial charge in [-0.15, -0.1) is 0 Å². The lowest BCUT2D eigenvalue weighted by atomic mass is 9.92. The monoisotopic (exact) mass is 318 g/mol. The number of ether oxygens (including phenoxy) is 1. The number of hydrogen-bond donors (Lipinski definition) is 1. The second kappa shape index (κ2) is 7.99. The third-order valence-corrected chi connectivity index (χ3v) is 4.05. The largest absolute Gasteiger partial charge is 0.494 e. The Morgan fingerprint density at radius 3 is 2.35 bits per heavy atom. The van der Waals surface area contributed by atoms with E-state index < -0.39 is 0 Å². The Morgan fingerprint density at radius 1 is 1.17 bits per heavy atom. The SMILES string of the molecule is CCOc1ccc(C(=O)NCC(=O)N2CC(C)CC(C)C2)cc1. The summed E-state index contributed by atoms with van der Waals surface area (Å²) in [4.78, 5) is 26.2. The molecule has 2 rings (SSSR count). The zero-order valence-corrected chi connectivity index (χ0v) is 14.2. The molecular formula is C18H26N2O3. The molecule has 0 aromatic heterocycles. The third-order valence-electron chi connectivity index (χ3n) is 4.05. The average Bonchev–Trinajstić information content (AvgIpc) is 2.52. The van der Waals surface area contributed by atoms with E-state index in [1.807, 2.05) is 11.8 Å². The maximum Gasteiger partial charge on any atom is 0.251 e. The molecule has 5 heteroatoms. The van der Waals surface area contributed by atoms with Gasteiger partial charge in [-0.05, 0) is 49.4 Å². The molecule has 0 spiro atoms. The quantitative estimate of drug-likeness (QED) is 0.906. The van der Waals surface area contributed by atoms with Crippen LogP contribution in [0.5, 0.6) is 5.75 Å². The lowest BCUT2D eigenvalue weighted by Crippen LogP contribution is -2.46. The Hall–Kier alpha value is -2.04. The highest BCUT2D eigenvalue weighted by Crippen LogP contribution is 2.20. The van der Waals surface area contributed by atoms with E-state index >= 15 is 0 Å². The van der Waals surface area contributed by atoms with Crippen LogP contribution in [-0.4, -0.2) is 43.0 Å². The van der Waals surface area contributed by atoms with Crippen LogP contribution in [0.2, 0.25) is 0 Å². The Morgan fingerprint density at radius 2 is 1.78 bits per heavy atom. The molecule has 1 aliphatic heterocycles. The number of amides is 2. The average molecular weight is 318 g/mol. The van der Waals surface area contributed by atoms with E-state index in [0.29, 0.717) is 24.0 Å². The van der Waals surface area contributed by atoms with Crippen LogP contribution in [0.4, 0.5) is 0 Å². The van der Waals surface area contributed by atoms with Crippen molar-refractivity contribution in [3.63, 3.8) is 0 Å². The van der Waals surface area contributed by atoms with Crippen LogP contribution in [0.3, 0.4) is 0 Å². The van der Waals surface area contributed by atoms with E-state index in [1.165, 1.54) is 0 Å². The summed E-state index contributed by atoms with van der Waals surface area (Å²) in [7, 11) is 0. The van der Waals surface area contributed by atoms with Crippen molar-refractivity contribution in [2.45, 2.75) is 27.2 Å². The first kappa shape index (κ1) is 17.3. The predicted octanol–water partition coefficient (Wildman–Crippen LogP) is 2.32. The van der Waals surface area contributed by atoms with Gasteiger partial charge in [-0.3, -0.25) is 9.59 Å². The van der Waals surface area contributed by atoms with Crippen molar-refractivity contribution in [2.24, 2.45) is 11.8 Å². The normalized spacial score (nSPS) is 20.9. The van der Waals surface area contributed by atoms with Gasteiger partial charge in [0.15, 0.2) is 0 Å². The molecule has 5 nitrogen and oxygen atoms in total. The van der Waals surface area contributed by atoms with Crippen molar-refractivity contribution in [3.05, 3.63) is 29.8 Å². The van der Waals surface area contributed by atoms with E-state index in [2.05, 4.69) is 19.2 Å². The Bertz CT molecular complexity index is 532. The van der Waals surface area contributed by atoms with Crippen LogP contribution in [-0.2, 0) is 4.79 Å². The number of carbonyl (C=O) groups excluding carboxylic acids is 2. The lowest BCUT2D eigenvalue weighted by molar-refractivity contribution is -0.132. The molecule has 126 valence electrons. The van der Waals surface area contributed by atoms with Crippen molar-refractivity contribution >= 4 is 11.8 Å². The van der Waals surface area contributed by atoms with Gasteiger partial charge >= 0.3 is 0 Å². The first-order valence-electron chi connectivity index (χ1n) is 8.28. The molecule has 0 aliphatic carbocycles. The zero-order chi connectivity index (χ0) is 16.8. The van der Waals surface area contributed by atoms with Gasteiger partial charge in [-0.25, -0.2) is 0 Å². The standard InChI is InChI=1S/C18H26N2O3/c1-4-23-16-7-5-15(6-8-16)18(22)19-10-17(21)20-11-13(2)9-14(3)12-20/h5-8,13-14H,4,9-12H2,1-3H3,(H,19,22). The molecule has 1 aliphatic rings. The van der Waals surface area contributed by atoms with E-state index in [0.717, 1.165) is 25.3 Å². The molecule has 1 aromatic rings. The Labute approximate surface area is 138 Å². The van der Waals surface area contributed by atoms with Gasteiger partial charge in [-0.2, -0.15) is 0 Å². The number of carbonyl (C=O) groups is 2. The lowest BCUT2D eigenvalue weighted by Gasteiger charge is -2.35. The highest BCUT2D eigenvalue weighted by molar-refractivity contribution is 5.96. The van der Waals surface area contributed by atoms with Gasteiger partial charge < -0.3 is 15.0 Å². The molecule has 1 aromatic carbocycles. The fourth-order valence-corrected chi connectivity index (χ4v) is 3.11. The summed E-state index contributed by atoms with van der Waals surface area (Å²) in [6, 6.07) is 6.92. The minimum absolute atomic E-state index is 0.0114. The van der Waals surface area contributed by atoms with Crippen molar-refractivity contribution < 1.29 is 14.3 Å². The number of piperidine rings is 1. The summed E-state index contributed by atoms with van der Waals surface area (Å²) in [6.45, 7) is 8.43. The van der Waals surface area contributed by atoms with Gasteiger partial charge in [0.25, 0.3) is 5.91 Å². The highest BCUT2D eigenvalue weighted by Gasteiger charge is 2.25. The fourth-order valence-electron chi connectivity index (χ4n) is 3.11. The molecule has 2 unspecified atom stereocenters. The summed E-state index contributed by atoms with van der Waals surface area (Å²) in [5.74, 6) is 1.52. The van der Waals surface area contributed by atoms with Crippen LogP contribution in [0.15, 0.2) is 24.3 Å². The topological polar surface area (TPSA) is 58.6 Å². The van der Waals surface area contributed by atoms with E-state index in [-0.39, 0.29) is 18.4 Å². The van der Waals surface area contributed by atoms with Crippen molar-refractivity contribution in [1.29, 1.82) is 0 Å². The number of likely N-dealkylation sites (tertiary alicyclic amines) is 1. The molecule has 1 N–H and O–H groups in total. The zero-order valence-electron chi connectivity index (χ0n) is 14.2. The molecule has 2 atom stereocenters. The van der Waals surface area contributed by atoms with Gasteiger partial charge in [0.1, 0.15) is 5.75 Å². The summed E-state index contributed by atoms with van der Waals surface area (Å²) >= 11 is 0. The number of benzene rings is 1. The van der Waals surface area contributed by atoms with E-state index in [9.17, 15) is 9.59 Å². The maximum absolute atomic E-state index is 12.3. The molecule has 0 bridgehead atoms. The maximum atomic E-state index is 12.3. The van der Waals surface area contributed by atoms with E-state index in [4.69, 9.17) is 4.74 Å². The first-order chi connectivity index (χ1) is 11.0. The van der Waals surface area contributed by atoms with Crippen LogP contribution < -0.4 is 10.1 Å². The van der Waals surface area contributed by atoms with Gasteiger partial charge in [0.05, 0.1) is 13.2 Å². The van der Waals surface area contributed by atoms with Crippen LogP contribution in [0.1, 0.15) is 37.6 Å². The second-order valence-corrected chi connectivity index (χ2v) is 6.38. The fraction of sp³-hybridized carbons (Fsp3) is 0.556. The number of nitrogens with zero attached hydrogens (tertiary/aromatic N) is 1. The van der Waals surface area contributed by atoms with Gasteiger partial charge in [-0.1, -0.05) is 13.8 Å². The van der Waals surface area contributed by atoms with Crippen molar-refractivity contribution in [3.8, 4) is 5.75 Å². The summed E-state index contributed by atoms with van der Waals surface area (Å²) < 4.78 is 5.35. The molecule has 0 saturated carbocycles. The van der Waals surface area contributed by atoms with Gasteiger partial charge in [0.2, 0.25) is 5.91 Å². The minimum Gasteiger partial charge on any atom is -0.494 e. The summed E-state index contributed by atoms with van der Waals surface area (Å²) in [5, 5.41) is 2.71. The Balaban J connectivity index is 1.84. The van der Waals surface area contributed by atoms with Crippen LogP contribution in [0.25, 0.3) is 0 Å². The molecule has 1 saturated heterocycles. The van der Waals surface area contributed by atoms with E-state index in [1.54, 1.807) is 24.3 Å². The smallest absolute Gasteiger partial charge is 0.251 e. The summed E-state index contributed by atoms with van der Waals surface area (Å²) in [5.41, 5.74) is 0.529. The number of rotatable bonds is 5. The number of hydrogen-bond acceptors (Lipinski definition) is 3. The number of nitrogens with one attached hydrogen (secondary N) is 1. The second-order valence-electron chi connectivity index (χ2n) is 6.38. The molecule has 1 heterocycles. The molecule has 2 amide bonds. The molecule has 23 heavy (non-hydrogen) atoms. The highest BCUT2D eigenvalue weighted by atomic mass is 16.5. The molecule has 1 fully saturated rings.